The molecule has 0 saturated heterocycles. The van der Waals surface area contributed by atoms with Crippen LogP contribution in [0.25, 0.3) is 23.0 Å². The van der Waals surface area contributed by atoms with E-state index in [9.17, 15) is 9.90 Å². The van der Waals surface area contributed by atoms with Crippen LogP contribution in [0, 0.1) is 20.8 Å². The fraction of sp³-hybridized carbons (Fsp3) is 0.294. The van der Waals surface area contributed by atoms with Crippen molar-refractivity contribution >= 4 is 28.8 Å². The molecule has 1 atom stereocenters. The summed E-state index contributed by atoms with van der Waals surface area (Å²) < 4.78 is 1.96. The number of hydrogen-bond donors (Lipinski definition) is 2. The number of hydrogen-bond acceptors (Lipinski definition) is 10. The van der Waals surface area contributed by atoms with Crippen LogP contribution in [0.3, 0.4) is 0 Å². The van der Waals surface area contributed by atoms with Crippen molar-refractivity contribution in [1.29, 1.82) is 0 Å². The predicted molar refractivity (Wildman–Crippen MR) is 201 cm³/mol. The molecule has 50 heavy (non-hydrogen) atoms. The van der Waals surface area contributed by atoms with Crippen molar-refractivity contribution in [3.8, 4) is 23.0 Å². The monoisotopic (exact) mass is 726 g/mol. The van der Waals surface area contributed by atoms with E-state index in [1.54, 1.807) is 45.4 Å². The average molecular weight is 727 g/mol. The Morgan fingerprint density at radius 3 is 1.52 bits per heavy atom. The normalized spacial score (nSPS) is 8.32. The Bertz CT molecular complexity index is 1540. The maximum absolute atomic E-state index is 10.1. The molecule has 0 fully saturated rings. The molecule has 5 aromatic rings. The van der Waals surface area contributed by atoms with E-state index in [1.165, 1.54) is 0 Å². The molecule has 5 rings (SSSR count). The first-order valence-electron chi connectivity index (χ1n) is 13.2. The van der Waals surface area contributed by atoms with Gasteiger partial charge in [-0.2, -0.15) is 9.90 Å². The molecule has 0 aliphatic rings. The zero-order valence-corrected chi connectivity index (χ0v) is 32.4. The van der Waals surface area contributed by atoms with Crippen molar-refractivity contribution < 1.29 is 60.0 Å². The van der Waals surface area contributed by atoms with Crippen LogP contribution in [-0.4, -0.2) is 69.9 Å². The van der Waals surface area contributed by atoms with E-state index in [0.717, 1.165) is 46.4 Å². The van der Waals surface area contributed by atoms with Crippen LogP contribution < -0.4 is 40.8 Å². The van der Waals surface area contributed by atoms with Gasteiger partial charge < -0.3 is 31.8 Å². The number of imidazole rings is 2. The first-order chi connectivity index (χ1) is 20.4. The Morgan fingerprint density at radius 1 is 0.740 bits per heavy atom. The van der Waals surface area contributed by atoms with Gasteiger partial charge in [-0.1, -0.05) is 53.8 Å². The van der Waals surface area contributed by atoms with Gasteiger partial charge in [0, 0.05) is 48.9 Å². The largest absolute Gasteiger partial charge is 1.00 e. The Hall–Kier alpha value is -3.85. The van der Waals surface area contributed by atoms with Crippen LogP contribution in [0.2, 0.25) is 0 Å². The number of aromatic nitrogens is 7. The average Bonchev–Trinajstić information content (AvgIpc) is 3.65. The van der Waals surface area contributed by atoms with Crippen molar-refractivity contribution in [2.75, 3.05) is 0 Å². The second kappa shape index (κ2) is 33.6. The van der Waals surface area contributed by atoms with Crippen molar-refractivity contribution in [2.24, 2.45) is 7.05 Å². The Balaban J connectivity index is -0.0000000941. The maximum Gasteiger partial charge on any atom is 1.00 e. The Kier molecular flexibility index (Phi) is 41.3. The summed E-state index contributed by atoms with van der Waals surface area (Å²) in [4.78, 5) is 51.7. The number of aromatic amines is 1. The number of carbonyl (C=O) groups is 3. The second-order valence-electron chi connectivity index (χ2n) is 9.83. The van der Waals surface area contributed by atoms with Crippen molar-refractivity contribution in [3.63, 3.8) is 0 Å². The summed E-state index contributed by atoms with van der Waals surface area (Å²) in [5.41, 5.74) is 4.45. The quantitative estimate of drug-likeness (QED) is 0.116. The number of pyridine rings is 3. The molecule has 0 bridgehead atoms. The minimum Gasteiger partial charge on any atom is -0.850 e. The number of nitrogens with one attached hydrogen (secondary N) is 1. The molecule has 0 saturated carbocycles. The van der Waals surface area contributed by atoms with Gasteiger partial charge in [-0.3, -0.25) is 19.4 Å². The second-order valence-corrected chi connectivity index (χ2v) is 9.83. The molecule has 274 valence electrons. The van der Waals surface area contributed by atoms with Gasteiger partial charge in [0.15, 0.2) is 30.5 Å². The Labute approximate surface area is 322 Å². The number of rotatable bonds is 4. The van der Waals surface area contributed by atoms with Crippen molar-refractivity contribution in [1.82, 2.24) is 40.6 Å². The van der Waals surface area contributed by atoms with E-state index >= 15 is 0 Å². The van der Waals surface area contributed by atoms with Crippen molar-refractivity contribution in [2.45, 2.75) is 62.0 Å². The predicted octanol–water partition coefficient (Wildman–Crippen LogP) is 1.15. The van der Waals surface area contributed by atoms with Gasteiger partial charge in [0.1, 0.15) is 17.1 Å². The van der Waals surface area contributed by atoms with Crippen LogP contribution in [0.15, 0.2) is 79.4 Å². The van der Waals surface area contributed by atoms with E-state index in [1.807, 2.05) is 87.1 Å². The number of carbonyl (C=O) groups excluding carboxylic acids is 3. The molecule has 16 heteroatoms. The molecule has 0 aliphatic carbocycles. The number of nitrogens with zero attached hydrogens (tertiary/aromatic N) is 6. The van der Waals surface area contributed by atoms with Gasteiger partial charge >= 0.3 is 29.6 Å². The molecule has 0 radical (unpaired) electrons. The fourth-order valence-electron chi connectivity index (χ4n) is 2.99. The minimum absolute atomic E-state index is 0. The van der Waals surface area contributed by atoms with Gasteiger partial charge in [-0.15, -0.1) is 5.60 Å². The zero-order chi connectivity index (χ0) is 32.3. The molecule has 0 aromatic carbocycles. The van der Waals surface area contributed by atoms with E-state index in [2.05, 4.69) is 29.9 Å². The molecule has 5 aromatic heterocycles. The Morgan fingerprint density at radius 2 is 1.18 bits per heavy atom. The van der Waals surface area contributed by atoms with Gasteiger partial charge in [0.2, 0.25) is 0 Å². The molecule has 0 spiro atoms. The zero-order valence-electron chi connectivity index (χ0n) is 29.0. The summed E-state index contributed by atoms with van der Waals surface area (Å²) in [5.74, 6) is 1.72. The molecule has 0 aliphatic heterocycles. The smallest absolute Gasteiger partial charge is 0.850 e. The van der Waals surface area contributed by atoms with E-state index < -0.39 is 5.60 Å². The standard InChI is InChI=1S/C10H11N3.C9H9N3.C7H7NO.C4H9O.C2H2O2.2CH4.H3N.Na.2H2O.H3P/c1-8-4-3-5-9(12-8)10-11-6-7-13(10)2;1-7-3-2-4-8(12-7)9-10-5-6-11-9;1-6-3-2-4-7(5-9)8-6;1-4(2,3)5;3-1-2-4;;;;;;;/h3-7H,1-2H3;2-6H,1H3,(H,10,11);2-5H,1H3;1-3H3;1-2H;2*1H4;1H3;;2*1H2;1H3/q;;;-1;;;;;+1;;;. The van der Waals surface area contributed by atoms with Crippen LogP contribution in [-0.2, 0) is 16.6 Å². The van der Waals surface area contributed by atoms with E-state index in [-0.39, 0.29) is 84.0 Å². The van der Waals surface area contributed by atoms with Crippen LogP contribution in [0.1, 0.15) is 63.2 Å². The van der Waals surface area contributed by atoms with E-state index in [4.69, 9.17) is 9.59 Å². The molecule has 14 nitrogen and oxygen atoms in total. The third-order valence-corrected chi connectivity index (χ3v) is 4.65. The number of aldehydes is 3. The van der Waals surface area contributed by atoms with Gasteiger partial charge in [0.05, 0.1) is 0 Å². The van der Waals surface area contributed by atoms with Gasteiger partial charge in [-0.25, -0.2) is 19.9 Å². The topological polar surface area (TPSA) is 257 Å². The third-order valence-electron chi connectivity index (χ3n) is 4.65. The summed E-state index contributed by atoms with van der Waals surface area (Å²) in [6.07, 6.45) is 8.34. The minimum atomic E-state index is -0.750. The molecule has 1 unspecified atom stereocenters. The fourth-order valence-corrected chi connectivity index (χ4v) is 2.99. The molecule has 0 amide bonds. The summed E-state index contributed by atoms with van der Waals surface area (Å²) >= 11 is 0. The maximum atomic E-state index is 10.1. The van der Waals surface area contributed by atoms with Crippen LogP contribution in [0.5, 0.6) is 0 Å². The molecular formula is C34H56N8NaO6P. The number of H-pyrrole nitrogens is 1. The molecule has 5 heterocycles. The van der Waals surface area contributed by atoms with Gasteiger partial charge in [-0.05, 0) is 57.2 Å². The first-order valence-corrected chi connectivity index (χ1v) is 13.2. The third kappa shape index (κ3) is 28.0. The van der Waals surface area contributed by atoms with Crippen LogP contribution >= 0.6 is 9.90 Å². The molecular weight excluding hydrogens is 670 g/mol. The first kappa shape index (κ1) is 61.4. The number of aryl methyl sites for hydroxylation is 4. The summed E-state index contributed by atoms with van der Waals surface area (Å²) in [5, 5.41) is 10.1. The summed E-state index contributed by atoms with van der Waals surface area (Å²) in [6.45, 7) is 10.7. The SMILES string of the molecule is C.C.CC(C)(C)[O-].Cc1cccc(-c2ncc[nH]2)n1.Cc1cccc(-c2nccn2C)n1.Cc1cccc(C=O)n1.N.O.O.O=CC=O.P.[Na+]. The van der Waals surface area contributed by atoms with Crippen molar-refractivity contribution in [3.05, 3.63) is 102 Å². The van der Waals surface area contributed by atoms with E-state index in [0.29, 0.717) is 5.69 Å². The summed E-state index contributed by atoms with van der Waals surface area (Å²) in [6, 6.07) is 17.2. The van der Waals surface area contributed by atoms with Crippen LogP contribution in [0.4, 0.5) is 0 Å². The summed E-state index contributed by atoms with van der Waals surface area (Å²) in [7, 11) is 1.96. The molecule has 8 N–H and O–H groups in total. The van der Waals surface area contributed by atoms with Gasteiger partial charge in [0.25, 0.3) is 0 Å².